The molecule has 2 aliphatic heterocycles. The molecule has 0 aromatic heterocycles. The molecule has 2 fully saturated rings. The Kier molecular flexibility index (Phi) is 6.20. The Bertz CT molecular complexity index is 372. The van der Waals surface area contributed by atoms with Crippen LogP contribution in [0.2, 0.25) is 0 Å². The number of carbonyl (C=O) groups is 1. The maximum atomic E-state index is 11.6. The molecule has 2 aliphatic rings. The lowest BCUT2D eigenvalue weighted by atomic mass is 9.77. The zero-order valence-electron chi connectivity index (χ0n) is 13.6. The molecule has 6 heteroatoms. The molecule has 1 unspecified atom stereocenters. The average molecular weight is 316 g/mol. The molecule has 2 saturated heterocycles. The van der Waals surface area contributed by atoms with Crippen LogP contribution in [0.4, 0.5) is 0 Å². The molecule has 7 atom stereocenters. The number of ether oxygens (including phenoxy) is 3. The van der Waals surface area contributed by atoms with Crippen molar-refractivity contribution >= 4 is 5.97 Å². The summed E-state index contributed by atoms with van der Waals surface area (Å²) in [4.78, 5) is 11.6. The molecule has 6 nitrogen and oxygen atoms in total. The molecule has 0 amide bonds. The zero-order chi connectivity index (χ0) is 16.3. The van der Waals surface area contributed by atoms with E-state index in [-0.39, 0.29) is 55.2 Å². The van der Waals surface area contributed by atoms with Gasteiger partial charge in [-0.15, -0.1) is 0 Å². The summed E-state index contributed by atoms with van der Waals surface area (Å²) in [6.07, 6.45) is 0.283. The molecule has 0 spiro atoms. The Balaban J connectivity index is 1.96. The first kappa shape index (κ1) is 17.7. The molecular formula is C16H28O6. The van der Waals surface area contributed by atoms with Gasteiger partial charge in [-0.1, -0.05) is 13.8 Å². The van der Waals surface area contributed by atoms with E-state index < -0.39 is 6.10 Å². The van der Waals surface area contributed by atoms with E-state index in [1.165, 1.54) is 0 Å². The summed E-state index contributed by atoms with van der Waals surface area (Å²) in [5.41, 5.74) is 0. The van der Waals surface area contributed by atoms with E-state index in [9.17, 15) is 9.90 Å². The Labute approximate surface area is 131 Å². The lowest BCUT2D eigenvalue weighted by molar-refractivity contribution is -0.246. The van der Waals surface area contributed by atoms with Gasteiger partial charge in [0.15, 0.2) is 0 Å². The monoisotopic (exact) mass is 316 g/mol. The number of hydrogen-bond donors (Lipinski definition) is 2. The van der Waals surface area contributed by atoms with Gasteiger partial charge in [0, 0.05) is 0 Å². The fourth-order valence-corrected chi connectivity index (χ4v) is 3.53. The maximum absolute atomic E-state index is 11.6. The van der Waals surface area contributed by atoms with E-state index in [1.807, 2.05) is 6.92 Å². The van der Waals surface area contributed by atoms with Crippen LogP contribution < -0.4 is 0 Å². The maximum Gasteiger partial charge on any atom is 0.308 e. The molecule has 2 heterocycles. The van der Waals surface area contributed by atoms with E-state index >= 15 is 0 Å². The van der Waals surface area contributed by atoms with Crippen molar-refractivity contribution in [3.63, 3.8) is 0 Å². The minimum atomic E-state index is -0.865. The molecule has 0 saturated carbocycles. The molecule has 0 aromatic rings. The summed E-state index contributed by atoms with van der Waals surface area (Å²) in [5, 5.41) is 19.1. The summed E-state index contributed by atoms with van der Waals surface area (Å²) >= 11 is 0. The largest absolute Gasteiger partial charge is 0.466 e. The second kappa shape index (κ2) is 7.73. The van der Waals surface area contributed by atoms with Crippen molar-refractivity contribution in [1.29, 1.82) is 0 Å². The predicted molar refractivity (Wildman–Crippen MR) is 79.2 cm³/mol. The molecule has 0 bridgehead atoms. The van der Waals surface area contributed by atoms with Gasteiger partial charge in [0.2, 0.25) is 0 Å². The van der Waals surface area contributed by atoms with E-state index in [2.05, 4.69) is 6.92 Å². The standard InChI is InChI=1S/C16H28O6/c1-4-20-14(19)7-11-5-6-13-16(21-11)10(3)9(2)15(22-13)12(18)8-17/h9-13,15-18H,4-8H2,1-3H3/t9-,10+,11+,12?,13-,15+,16+/m0/s1. The number of carbonyl (C=O) groups excluding carboxylic acids is 1. The highest BCUT2D eigenvalue weighted by Gasteiger charge is 2.47. The molecule has 128 valence electrons. The molecule has 0 radical (unpaired) electrons. The molecule has 2 N–H and O–H groups in total. The lowest BCUT2D eigenvalue weighted by Crippen LogP contribution is -2.57. The first-order valence-electron chi connectivity index (χ1n) is 8.23. The lowest BCUT2D eigenvalue weighted by Gasteiger charge is -2.49. The molecular weight excluding hydrogens is 288 g/mol. The molecule has 0 aliphatic carbocycles. The molecule has 0 aromatic carbocycles. The fraction of sp³-hybridized carbons (Fsp3) is 0.938. The predicted octanol–water partition coefficient (Wildman–Crippen LogP) is 0.880. The molecule has 22 heavy (non-hydrogen) atoms. The highest BCUT2D eigenvalue weighted by Crippen LogP contribution is 2.39. The van der Waals surface area contributed by atoms with Crippen molar-refractivity contribution in [1.82, 2.24) is 0 Å². The summed E-state index contributed by atoms with van der Waals surface area (Å²) in [7, 11) is 0. The van der Waals surface area contributed by atoms with Gasteiger partial charge in [-0.25, -0.2) is 0 Å². The first-order chi connectivity index (χ1) is 10.5. The summed E-state index contributed by atoms with van der Waals surface area (Å²) in [5.74, 6) is 0.0386. The van der Waals surface area contributed by atoms with Gasteiger partial charge < -0.3 is 24.4 Å². The summed E-state index contributed by atoms with van der Waals surface area (Å²) in [6.45, 7) is 5.96. The third-order valence-electron chi connectivity index (χ3n) is 4.95. The van der Waals surface area contributed by atoms with Crippen molar-refractivity contribution < 1.29 is 29.2 Å². The Morgan fingerprint density at radius 1 is 1.27 bits per heavy atom. The van der Waals surface area contributed by atoms with Crippen LogP contribution >= 0.6 is 0 Å². The molecule has 2 rings (SSSR count). The van der Waals surface area contributed by atoms with Gasteiger partial charge in [0.25, 0.3) is 0 Å². The van der Waals surface area contributed by atoms with Gasteiger partial charge in [-0.3, -0.25) is 4.79 Å². The number of fused-ring (bicyclic) bond motifs is 1. The van der Waals surface area contributed by atoms with Crippen LogP contribution in [0, 0.1) is 11.8 Å². The van der Waals surface area contributed by atoms with Crippen LogP contribution in [-0.2, 0) is 19.0 Å². The topological polar surface area (TPSA) is 85.2 Å². The van der Waals surface area contributed by atoms with E-state index in [1.54, 1.807) is 6.92 Å². The van der Waals surface area contributed by atoms with Gasteiger partial charge in [0.1, 0.15) is 6.10 Å². The Hall–Kier alpha value is -0.690. The fourth-order valence-electron chi connectivity index (χ4n) is 3.53. The number of aliphatic hydroxyl groups is 2. The highest BCUT2D eigenvalue weighted by atomic mass is 16.6. The van der Waals surface area contributed by atoms with E-state index in [0.29, 0.717) is 6.61 Å². The van der Waals surface area contributed by atoms with Crippen molar-refractivity contribution in [2.24, 2.45) is 11.8 Å². The minimum absolute atomic E-state index is 0.0738. The Morgan fingerprint density at radius 2 is 2.00 bits per heavy atom. The van der Waals surface area contributed by atoms with E-state index in [4.69, 9.17) is 19.3 Å². The van der Waals surface area contributed by atoms with Crippen molar-refractivity contribution in [3.05, 3.63) is 0 Å². The number of aliphatic hydroxyl groups excluding tert-OH is 2. The normalized spacial score (nSPS) is 39.9. The minimum Gasteiger partial charge on any atom is -0.466 e. The number of rotatable bonds is 5. The van der Waals surface area contributed by atoms with Gasteiger partial charge in [-0.05, 0) is 31.6 Å². The van der Waals surface area contributed by atoms with Gasteiger partial charge in [0.05, 0.1) is 44.1 Å². The first-order valence-corrected chi connectivity index (χ1v) is 8.23. The third-order valence-corrected chi connectivity index (χ3v) is 4.95. The van der Waals surface area contributed by atoms with Gasteiger partial charge >= 0.3 is 5.97 Å². The second-order valence-electron chi connectivity index (χ2n) is 6.42. The van der Waals surface area contributed by atoms with Crippen LogP contribution in [-0.4, -0.2) is 59.9 Å². The number of hydrogen-bond acceptors (Lipinski definition) is 6. The van der Waals surface area contributed by atoms with Crippen LogP contribution in [0.25, 0.3) is 0 Å². The average Bonchev–Trinajstić information content (AvgIpc) is 2.50. The summed E-state index contributed by atoms with van der Waals surface area (Å²) in [6, 6.07) is 0. The second-order valence-corrected chi connectivity index (χ2v) is 6.42. The zero-order valence-corrected chi connectivity index (χ0v) is 13.6. The van der Waals surface area contributed by atoms with Crippen molar-refractivity contribution in [3.8, 4) is 0 Å². The number of esters is 1. The smallest absolute Gasteiger partial charge is 0.308 e. The summed E-state index contributed by atoms with van der Waals surface area (Å²) < 4.78 is 17.0. The van der Waals surface area contributed by atoms with Crippen molar-refractivity contribution in [2.45, 2.75) is 70.6 Å². The highest BCUT2D eigenvalue weighted by molar-refractivity contribution is 5.69. The quantitative estimate of drug-likeness (QED) is 0.733. The third kappa shape index (κ3) is 3.79. The van der Waals surface area contributed by atoms with Gasteiger partial charge in [-0.2, -0.15) is 0 Å². The Morgan fingerprint density at radius 3 is 2.64 bits per heavy atom. The van der Waals surface area contributed by atoms with Crippen molar-refractivity contribution in [2.75, 3.05) is 13.2 Å². The van der Waals surface area contributed by atoms with Crippen LogP contribution in [0.5, 0.6) is 0 Å². The SMILES string of the molecule is CCOC(=O)C[C@H]1CC[C@@H]2O[C@@H](C(O)CO)[C@@H](C)[C@@H](C)[C@H]2O1. The van der Waals surface area contributed by atoms with E-state index in [0.717, 1.165) is 12.8 Å². The van der Waals surface area contributed by atoms with Crippen LogP contribution in [0.15, 0.2) is 0 Å². The van der Waals surface area contributed by atoms with Crippen LogP contribution in [0.1, 0.15) is 40.0 Å². The van der Waals surface area contributed by atoms with Crippen LogP contribution in [0.3, 0.4) is 0 Å².